The molecule has 2 fully saturated rings. The zero-order valence-corrected chi connectivity index (χ0v) is 20.1. The second kappa shape index (κ2) is 9.69. The molecule has 34 heavy (non-hydrogen) atoms. The lowest BCUT2D eigenvalue weighted by atomic mass is 9.66. The van der Waals surface area contributed by atoms with Crippen LogP contribution >= 0.6 is 0 Å². The monoisotopic (exact) mass is 455 g/mol. The topological polar surface area (TPSA) is 55.7 Å². The summed E-state index contributed by atoms with van der Waals surface area (Å²) in [6.45, 7) is 3.95. The van der Waals surface area contributed by atoms with E-state index in [0.717, 1.165) is 48.9 Å². The second-order valence-corrected chi connectivity index (χ2v) is 10.1. The van der Waals surface area contributed by atoms with E-state index in [-0.39, 0.29) is 29.7 Å². The highest BCUT2D eigenvalue weighted by Crippen LogP contribution is 2.46. The maximum Gasteiger partial charge on any atom is 0.336 e. The first-order valence-corrected chi connectivity index (χ1v) is 12.6. The van der Waals surface area contributed by atoms with Crippen LogP contribution in [-0.2, 0) is 14.3 Å². The molecule has 1 aliphatic heterocycles. The number of carbonyl (C=O) groups is 2. The minimum Gasteiger partial charge on any atom is -0.459 e. The Morgan fingerprint density at radius 1 is 0.853 bits per heavy atom. The average molecular weight is 456 g/mol. The van der Waals surface area contributed by atoms with E-state index in [1.807, 2.05) is 32.0 Å². The Kier molecular flexibility index (Phi) is 6.49. The average Bonchev–Trinajstić information content (AvgIpc) is 2.84. The summed E-state index contributed by atoms with van der Waals surface area (Å²) >= 11 is 0. The van der Waals surface area contributed by atoms with Gasteiger partial charge in [0.15, 0.2) is 0 Å². The zero-order chi connectivity index (χ0) is 23.7. The van der Waals surface area contributed by atoms with Crippen LogP contribution in [0.15, 0.2) is 70.9 Å². The maximum atomic E-state index is 13.7. The van der Waals surface area contributed by atoms with Crippen molar-refractivity contribution < 1.29 is 14.3 Å². The Morgan fingerprint density at radius 2 is 1.56 bits per heavy atom. The van der Waals surface area contributed by atoms with Crippen molar-refractivity contribution in [2.24, 2.45) is 10.9 Å². The van der Waals surface area contributed by atoms with Crippen molar-refractivity contribution in [3.05, 3.63) is 82.6 Å². The summed E-state index contributed by atoms with van der Waals surface area (Å²) in [5.41, 5.74) is 5.48. The molecule has 0 N–H and O–H groups in total. The molecule has 4 nitrogen and oxygen atoms in total. The first-order chi connectivity index (χ1) is 16.5. The number of allylic oxidation sites excluding steroid dienone is 1. The summed E-state index contributed by atoms with van der Waals surface area (Å²) in [5.74, 6) is -0.741. The molecule has 0 saturated heterocycles. The van der Waals surface area contributed by atoms with Gasteiger partial charge in [0.05, 0.1) is 11.5 Å². The quantitative estimate of drug-likeness (QED) is 0.498. The molecule has 5 rings (SSSR count). The van der Waals surface area contributed by atoms with Crippen LogP contribution in [0.1, 0.15) is 80.4 Å². The number of carbonyl (C=O) groups excluding carboxylic acids is 2. The van der Waals surface area contributed by atoms with Crippen molar-refractivity contribution in [3.63, 3.8) is 0 Å². The third kappa shape index (κ3) is 4.51. The van der Waals surface area contributed by atoms with Gasteiger partial charge in [0.1, 0.15) is 11.9 Å². The van der Waals surface area contributed by atoms with E-state index in [0.29, 0.717) is 17.7 Å². The maximum absolute atomic E-state index is 13.7. The summed E-state index contributed by atoms with van der Waals surface area (Å²) in [6.07, 6.45) is 6.42. The molecule has 2 aliphatic carbocycles. The Balaban J connectivity index is 1.53. The van der Waals surface area contributed by atoms with Gasteiger partial charge in [-0.15, -0.1) is 0 Å². The molecule has 0 amide bonds. The normalized spacial score (nSPS) is 25.5. The zero-order valence-electron chi connectivity index (χ0n) is 20.1. The number of nitrogens with zero attached hydrogens (tertiary/aromatic N) is 1. The van der Waals surface area contributed by atoms with Crippen LogP contribution in [-0.4, -0.2) is 23.6 Å². The van der Waals surface area contributed by atoms with Crippen molar-refractivity contribution in [3.8, 4) is 0 Å². The highest BCUT2D eigenvalue weighted by Gasteiger charge is 2.46. The number of ether oxygens (including phenoxy) is 1. The highest BCUT2D eigenvalue weighted by molar-refractivity contribution is 6.12. The third-order valence-electron chi connectivity index (χ3n) is 7.71. The summed E-state index contributed by atoms with van der Waals surface area (Å²) < 4.78 is 6.00. The molecular weight excluding hydrogens is 422 g/mol. The molecule has 0 aromatic heterocycles. The van der Waals surface area contributed by atoms with Crippen LogP contribution in [0, 0.1) is 12.8 Å². The standard InChI is InChI=1S/C30H33NO3/c1-19-13-15-22(16-14-19)28-27(30(33)34-24-11-7-4-8-12-24)20(2)31-25-17-23(18-26(32)29(25)28)21-9-5-3-6-10-21/h3,5-6,9-10,13-16,23-24,28-29H,4,7-8,11-12,17-18H2,1-2H3/t23-,28+,29?/m1/s1. The lowest BCUT2D eigenvalue weighted by Gasteiger charge is -2.38. The Labute approximate surface area is 202 Å². The molecule has 2 aromatic rings. The number of Topliss-reactive ketones (excluding diaryl/α,β-unsaturated/α-hetero) is 1. The lowest BCUT2D eigenvalue weighted by molar-refractivity contribution is -0.146. The van der Waals surface area contributed by atoms with Gasteiger partial charge in [0.2, 0.25) is 0 Å². The van der Waals surface area contributed by atoms with Crippen molar-refractivity contribution >= 4 is 17.5 Å². The fourth-order valence-electron chi connectivity index (χ4n) is 5.93. The second-order valence-electron chi connectivity index (χ2n) is 10.1. The van der Waals surface area contributed by atoms with E-state index >= 15 is 0 Å². The molecule has 2 saturated carbocycles. The van der Waals surface area contributed by atoms with Crippen LogP contribution in [0.5, 0.6) is 0 Å². The van der Waals surface area contributed by atoms with Crippen LogP contribution in [0.4, 0.5) is 0 Å². The van der Waals surface area contributed by atoms with Crippen LogP contribution in [0.2, 0.25) is 0 Å². The number of aryl methyl sites for hydroxylation is 1. The predicted molar refractivity (Wildman–Crippen MR) is 134 cm³/mol. The molecule has 3 aliphatic rings. The molecule has 3 atom stereocenters. The smallest absolute Gasteiger partial charge is 0.336 e. The van der Waals surface area contributed by atoms with E-state index < -0.39 is 5.92 Å². The van der Waals surface area contributed by atoms with Crippen LogP contribution in [0.25, 0.3) is 0 Å². The van der Waals surface area contributed by atoms with Gasteiger partial charge in [-0.3, -0.25) is 9.79 Å². The summed E-state index contributed by atoms with van der Waals surface area (Å²) in [6, 6.07) is 18.5. The molecule has 0 spiro atoms. The first kappa shape index (κ1) is 22.8. The Bertz CT molecular complexity index is 1120. The Morgan fingerprint density at radius 3 is 2.26 bits per heavy atom. The van der Waals surface area contributed by atoms with Gasteiger partial charge >= 0.3 is 5.97 Å². The minimum absolute atomic E-state index is 0.0323. The van der Waals surface area contributed by atoms with Gasteiger partial charge in [-0.05, 0) is 63.0 Å². The van der Waals surface area contributed by atoms with Gasteiger partial charge in [-0.2, -0.15) is 0 Å². The fraction of sp³-hybridized carbons (Fsp3) is 0.433. The van der Waals surface area contributed by atoms with Gasteiger partial charge in [0.25, 0.3) is 0 Å². The molecule has 1 heterocycles. The fourth-order valence-corrected chi connectivity index (χ4v) is 5.93. The van der Waals surface area contributed by atoms with Crippen molar-refractivity contribution in [2.45, 2.75) is 76.7 Å². The number of rotatable bonds is 4. The van der Waals surface area contributed by atoms with Gasteiger partial charge in [-0.25, -0.2) is 4.79 Å². The van der Waals surface area contributed by atoms with E-state index in [2.05, 4.69) is 36.4 Å². The predicted octanol–water partition coefficient (Wildman–Crippen LogP) is 6.45. The van der Waals surface area contributed by atoms with Crippen molar-refractivity contribution in [1.82, 2.24) is 0 Å². The van der Waals surface area contributed by atoms with Crippen LogP contribution < -0.4 is 0 Å². The molecule has 4 heteroatoms. The first-order valence-electron chi connectivity index (χ1n) is 12.6. The lowest BCUT2D eigenvalue weighted by Crippen LogP contribution is -2.41. The molecule has 2 aromatic carbocycles. The number of fused-ring (bicyclic) bond motifs is 1. The summed E-state index contributed by atoms with van der Waals surface area (Å²) in [4.78, 5) is 32.1. The SMILES string of the molecule is CC1=C(C(=O)OC2CCCCC2)[C@H](c2ccc(C)cc2)C2C(=O)C[C@H](c3ccccc3)CC2=N1. The summed E-state index contributed by atoms with van der Waals surface area (Å²) in [7, 11) is 0. The molecule has 176 valence electrons. The van der Waals surface area contributed by atoms with Gasteiger partial charge in [0, 0.05) is 23.7 Å². The van der Waals surface area contributed by atoms with Gasteiger partial charge < -0.3 is 4.74 Å². The number of aliphatic imine (C=N–C) groups is 1. The number of hydrogen-bond donors (Lipinski definition) is 0. The Hall–Kier alpha value is -3.01. The molecule has 1 unspecified atom stereocenters. The number of hydrogen-bond acceptors (Lipinski definition) is 4. The number of esters is 1. The van der Waals surface area contributed by atoms with Crippen LogP contribution in [0.3, 0.4) is 0 Å². The summed E-state index contributed by atoms with van der Waals surface area (Å²) in [5, 5.41) is 0. The van der Waals surface area contributed by atoms with Gasteiger partial charge in [-0.1, -0.05) is 66.6 Å². The van der Waals surface area contributed by atoms with E-state index in [4.69, 9.17) is 9.73 Å². The molecule has 0 radical (unpaired) electrons. The van der Waals surface area contributed by atoms with Crippen molar-refractivity contribution in [2.75, 3.05) is 0 Å². The molecule has 0 bridgehead atoms. The number of ketones is 1. The molecular formula is C30H33NO3. The van der Waals surface area contributed by atoms with E-state index in [9.17, 15) is 9.59 Å². The van der Waals surface area contributed by atoms with E-state index in [1.54, 1.807) is 0 Å². The largest absolute Gasteiger partial charge is 0.459 e. The van der Waals surface area contributed by atoms with Crippen molar-refractivity contribution in [1.29, 1.82) is 0 Å². The number of benzene rings is 2. The third-order valence-corrected chi connectivity index (χ3v) is 7.71. The van der Waals surface area contributed by atoms with E-state index in [1.165, 1.54) is 12.0 Å². The highest BCUT2D eigenvalue weighted by atomic mass is 16.5. The minimum atomic E-state index is -0.403.